The number of hydrogen-bond donors (Lipinski definition) is 3. The molecule has 0 aliphatic rings. The van der Waals surface area contributed by atoms with Gasteiger partial charge in [0.05, 0.1) is 12.6 Å². The second kappa shape index (κ2) is 9.08. The first-order valence-electron chi connectivity index (χ1n) is 8.28. The van der Waals surface area contributed by atoms with E-state index in [1.165, 1.54) is 5.56 Å². The van der Waals surface area contributed by atoms with Gasteiger partial charge in [-0.3, -0.25) is 0 Å². The predicted octanol–water partition coefficient (Wildman–Crippen LogP) is 2.14. The topological polar surface area (TPSA) is 79.2 Å². The van der Waals surface area contributed by atoms with E-state index in [9.17, 15) is 9.90 Å². The lowest BCUT2D eigenvalue weighted by Gasteiger charge is -2.15. The summed E-state index contributed by atoms with van der Waals surface area (Å²) >= 11 is 0. The van der Waals surface area contributed by atoms with Gasteiger partial charge >= 0.3 is 6.03 Å². The standard InChI is InChI=1S/C18H26N4O2/c1-14(10-15(2)23)11-20-18(24)21-12-17-19-8-9-22(17)13-16-6-4-3-5-7-16/h3-9,14-15,23H,10-13H2,1-2H3,(H2,20,21,24). The van der Waals surface area contributed by atoms with E-state index in [0.717, 1.165) is 12.4 Å². The maximum Gasteiger partial charge on any atom is 0.315 e. The predicted molar refractivity (Wildman–Crippen MR) is 93.5 cm³/mol. The number of benzene rings is 1. The van der Waals surface area contributed by atoms with Crippen LogP contribution in [0.1, 0.15) is 31.7 Å². The van der Waals surface area contributed by atoms with Crippen molar-refractivity contribution in [2.24, 2.45) is 5.92 Å². The molecule has 2 amide bonds. The highest BCUT2D eigenvalue weighted by molar-refractivity contribution is 5.73. The molecule has 130 valence electrons. The fourth-order valence-electron chi connectivity index (χ4n) is 2.59. The Morgan fingerprint density at radius 3 is 2.71 bits per heavy atom. The van der Waals surface area contributed by atoms with Crippen LogP contribution in [-0.2, 0) is 13.1 Å². The van der Waals surface area contributed by atoms with Crippen LogP contribution in [0.5, 0.6) is 0 Å². The van der Waals surface area contributed by atoms with Gasteiger partial charge in [-0.05, 0) is 24.8 Å². The highest BCUT2D eigenvalue weighted by Crippen LogP contribution is 2.06. The summed E-state index contributed by atoms with van der Waals surface area (Å²) in [4.78, 5) is 16.2. The van der Waals surface area contributed by atoms with Gasteiger partial charge in [0.1, 0.15) is 5.82 Å². The molecule has 0 radical (unpaired) electrons. The van der Waals surface area contributed by atoms with Crippen molar-refractivity contribution in [3.05, 3.63) is 54.1 Å². The van der Waals surface area contributed by atoms with Gasteiger partial charge in [0.25, 0.3) is 0 Å². The lowest BCUT2D eigenvalue weighted by Crippen LogP contribution is -2.38. The van der Waals surface area contributed by atoms with E-state index < -0.39 is 0 Å². The van der Waals surface area contributed by atoms with E-state index in [-0.39, 0.29) is 18.1 Å². The van der Waals surface area contributed by atoms with Gasteiger partial charge in [0.15, 0.2) is 0 Å². The monoisotopic (exact) mass is 330 g/mol. The summed E-state index contributed by atoms with van der Waals surface area (Å²) in [5.74, 6) is 1.04. The fraction of sp³-hybridized carbons (Fsp3) is 0.444. The Morgan fingerprint density at radius 1 is 1.25 bits per heavy atom. The van der Waals surface area contributed by atoms with Gasteiger partial charge in [-0.1, -0.05) is 37.3 Å². The highest BCUT2D eigenvalue weighted by atomic mass is 16.3. The first kappa shape index (κ1) is 18.0. The molecule has 0 aliphatic carbocycles. The van der Waals surface area contributed by atoms with Crippen molar-refractivity contribution in [3.63, 3.8) is 0 Å². The minimum absolute atomic E-state index is 0.221. The Kier molecular flexibility index (Phi) is 6.81. The average Bonchev–Trinajstić information content (AvgIpc) is 2.98. The van der Waals surface area contributed by atoms with Crippen LogP contribution >= 0.6 is 0 Å². The van der Waals surface area contributed by atoms with Crippen LogP contribution in [0.15, 0.2) is 42.7 Å². The number of aliphatic hydroxyl groups excluding tert-OH is 1. The number of nitrogens with one attached hydrogen (secondary N) is 2. The van der Waals surface area contributed by atoms with Crippen LogP contribution in [0.25, 0.3) is 0 Å². The SMILES string of the molecule is CC(O)CC(C)CNC(=O)NCc1nccn1Cc1ccccc1. The summed E-state index contributed by atoms with van der Waals surface area (Å²) in [7, 11) is 0. The fourth-order valence-corrected chi connectivity index (χ4v) is 2.59. The third kappa shape index (κ3) is 6.04. The van der Waals surface area contributed by atoms with E-state index in [1.807, 2.05) is 35.9 Å². The van der Waals surface area contributed by atoms with Gasteiger partial charge in [-0.15, -0.1) is 0 Å². The molecular weight excluding hydrogens is 304 g/mol. The quantitative estimate of drug-likeness (QED) is 0.694. The summed E-state index contributed by atoms with van der Waals surface area (Å²) in [6.07, 6.45) is 3.96. The molecule has 0 spiro atoms. The maximum atomic E-state index is 11.9. The van der Waals surface area contributed by atoms with E-state index in [0.29, 0.717) is 19.5 Å². The van der Waals surface area contributed by atoms with Crippen LogP contribution < -0.4 is 10.6 Å². The lowest BCUT2D eigenvalue weighted by molar-refractivity contribution is 0.163. The number of aromatic nitrogens is 2. The summed E-state index contributed by atoms with van der Waals surface area (Å²) in [5, 5.41) is 15.0. The molecule has 2 rings (SSSR count). The van der Waals surface area contributed by atoms with Crippen molar-refractivity contribution in [3.8, 4) is 0 Å². The van der Waals surface area contributed by atoms with E-state index in [2.05, 4.69) is 27.8 Å². The number of imidazole rings is 1. The molecule has 6 nitrogen and oxygen atoms in total. The zero-order chi connectivity index (χ0) is 17.4. The molecular formula is C18H26N4O2. The van der Waals surface area contributed by atoms with Crippen molar-refractivity contribution in [1.29, 1.82) is 0 Å². The van der Waals surface area contributed by atoms with Crippen LogP contribution in [-0.4, -0.2) is 33.3 Å². The molecule has 0 fully saturated rings. The summed E-state index contributed by atoms with van der Waals surface area (Å²) in [6.45, 7) is 5.39. The zero-order valence-corrected chi connectivity index (χ0v) is 14.3. The summed E-state index contributed by atoms with van der Waals surface area (Å²) in [5.41, 5.74) is 1.19. The third-order valence-electron chi connectivity index (χ3n) is 3.76. The molecule has 0 aliphatic heterocycles. The molecule has 1 aromatic heterocycles. The molecule has 0 saturated heterocycles. The number of aliphatic hydroxyl groups is 1. The van der Waals surface area contributed by atoms with Crippen LogP contribution in [0, 0.1) is 5.92 Å². The number of carbonyl (C=O) groups is 1. The van der Waals surface area contributed by atoms with E-state index >= 15 is 0 Å². The Balaban J connectivity index is 1.78. The second-order valence-electron chi connectivity index (χ2n) is 6.21. The van der Waals surface area contributed by atoms with Gasteiger partial charge in [0, 0.05) is 25.5 Å². The van der Waals surface area contributed by atoms with Crippen LogP contribution in [0.3, 0.4) is 0 Å². The summed E-state index contributed by atoms with van der Waals surface area (Å²) in [6, 6.07) is 9.91. The first-order valence-corrected chi connectivity index (χ1v) is 8.28. The van der Waals surface area contributed by atoms with Crippen molar-refractivity contribution in [1.82, 2.24) is 20.2 Å². The molecule has 0 bridgehead atoms. The molecule has 6 heteroatoms. The molecule has 2 aromatic rings. The Bertz CT molecular complexity index is 625. The number of hydrogen-bond acceptors (Lipinski definition) is 3. The molecule has 1 heterocycles. The van der Waals surface area contributed by atoms with Gasteiger partial charge < -0.3 is 20.3 Å². The van der Waals surface area contributed by atoms with E-state index in [1.54, 1.807) is 13.1 Å². The second-order valence-corrected chi connectivity index (χ2v) is 6.21. The Labute approximate surface area is 142 Å². The van der Waals surface area contributed by atoms with Crippen LogP contribution in [0.2, 0.25) is 0 Å². The molecule has 0 saturated carbocycles. The number of carbonyl (C=O) groups excluding carboxylic acids is 1. The molecule has 2 unspecified atom stereocenters. The van der Waals surface area contributed by atoms with Gasteiger partial charge in [-0.2, -0.15) is 0 Å². The Hall–Kier alpha value is -2.34. The number of urea groups is 1. The van der Waals surface area contributed by atoms with Crippen molar-refractivity contribution >= 4 is 6.03 Å². The molecule has 1 aromatic carbocycles. The highest BCUT2D eigenvalue weighted by Gasteiger charge is 2.09. The molecule has 24 heavy (non-hydrogen) atoms. The maximum absolute atomic E-state index is 11.9. The first-order chi connectivity index (χ1) is 11.5. The van der Waals surface area contributed by atoms with E-state index in [4.69, 9.17) is 0 Å². The van der Waals surface area contributed by atoms with Crippen molar-refractivity contribution in [2.45, 2.75) is 39.5 Å². The molecule has 3 N–H and O–H groups in total. The normalized spacial score (nSPS) is 13.3. The minimum atomic E-state index is -0.352. The van der Waals surface area contributed by atoms with Crippen LogP contribution in [0.4, 0.5) is 4.79 Å². The smallest absolute Gasteiger partial charge is 0.315 e. The van der Waals surface area contributed by atoms with Gasteiger partial charge in [0.2, 0.25) is 0 Å². The minimum Gasteiger partial charge on any atom is -0.393 e. The largest absolute Gasteiger partial charge is 0.393 e. The summed E-state index contributed by atoms with van der Waals surface area (Å²) < 4.78 is 2.02. The van der Waals surface area contributed by atoms with Crippen molar-refractivity contribution < 1.29 is 9.90 Å². The lowest BCUT2D eigenvalue weighted by atomic mass is 10.1. The van der Waals surface area contributed by atoms with Crippen molar-refractivity contribution in [2.75, 3.05) is 6.54 Å². The number of amides is 2. The molecule has 2 atom stereocenters. The Morgan fingerprint density at radius 2 is 2.00 bits per heavy atom. The third-order valence-corrected chi connectivity index (χ3v) is 3.76. The average molecular weight is 330 g/mol. The number of rotatable bonds is 8. The van der Waals surface area contributed by atoms with Gasteiger partial charge in [-0.25, -0.2) is 9.78 Å². The number of nitrogens with zero attached hydrogens (tertiary/aromatic N) is 2. The zero-order valence-electron chi connectivity index (χ0n) is 14.3.